The molecule has 1 heterocycles. The summed E-state index contributed by atoms with van der Waals surface area (Å²) in [4.78, 5) is 13.0. The Bertz CT molecular complexity index is 1210. The van der Waals surface area contributed by atoms with Gasteiger partial charge in [-0.25, -0.2) is 0 Å². The Morgan fingerprint density at radius 1 is 0.465 bits per heavy atom. The average molecular weight is 1000 g/mol. The molecule has 1 rings (SSSR count). The summed E-state index contributed by atoms with van der Waals surface area (Å²) < 4.78 is 11.3. The van der Waals surface area contributed by atoms with Crippen molar-refractivity contribution in [1.29, 1.82) is 0 Å². The highest BCUT2D eigenvalue weighted by atomic mass is 16.7. The molecule has 1 amide bonds. The number of aliphatic hydroxyl groups is 5. The van der Waals surface area contributed by atoms with Gasteiger partial charge in [0.05, 0.1) is 25.4 Å². The molecule has 1 fully saturated rings. The van der Waals surface area contributed by atoms with Crippen LogP contribution in [0.2, 0.25) is 0 Å². The number of hydrogen-bond acceptors (Lipinski definition) is 8. The molecule has 418 valence electrons. The van der Waals surface area contributed by atoms with Gasteiger partial charge in [-0.3, -0.25) is 4.79 Å². The minimum atomic E-state index is -1.57. The standard InChI is InChI=1S/C62H117NO8/c1-3-5-7-9-11-13-15-17-19-20-21-22-23-24-25-26-27-28-29-30-31-32-33-34-35-36-38-39-41-43-45-47-49-51-56(65)55(54-70-62-61(69)60(68)59(67)57(53-64)71-62)63-58(66)52-50-48-46-44-42-40-37-18-16-14-12-10-8-6-4-2/h18,37,41,43,49,51,55-57,59-62,64-65,67-69H,3-17,19-36,38-40,42,44-48,50,52-54H2,1-2H3,(H,63,66)/b37-18-,43-41+,51-49+. The van der Waals surface area contributed by atoms with E-state index in [1.54, 1.807) is 6.08 Å². The first-order valence-electron chi connectivity index (χ1n) is 30.7. The molecule has 7 atom stereocenters. The van der Waals surface area contributed by atoms with Gasteiger partial charge in [-0.05, 0) is 57.8 Å². The third-order valence-electron chi connectivity index (χ3n) is 14.7. The lowest BCUT2D eigenvalue weighted by atomic mass is 9.99. The summed E-state index contributed by atoms with van der Waals surface area (Å²) in [5.41, 5.74) is 0. The summed E-state index contributed by atoms with van der Waals surface area (Å²) in [7, 11) is 0. The Morgan fingerprint density at radius 2 is 0.803 bits per heavy atom. The number of carbonyl (C=O) groups is 1. The van der Waals surface area contributed by atoms with E-state index in [0.29, 0.717) is 6.42 Å². The van der Waals surface area contributed by atoms with Crippen molar-refractivity contribution in [2.45, 2.75) is 339 Å². The molecule has 0 bridgehead atoms. The summed E-state index contributed by atoms with van der Waals surface area (Å²) in [5, 5.41) is 54.5. The lowest BCUT2D eigenvalue weighted by molar-refractivity contribution is -0.302. The maximum atomic E-state index is 13.0. The number of allylic oxidation sites excluding steroid dienone is 5. The van der Waals surface area contributed by atoms with Gasteiger partial charge in [0.2, 0.25) is 5.91 Å². The number of amides is 1. The van der Waals surface area contributed by atoms with Crippen LogP contribution in [0, 0.1) is 0 Å². The number of rotatable bonds is 53. The molecule has 0 aromatic carbocycles. The summed E-state index contributed by atoms with van der Waals surface area (Å²) in [5.74, 6) is -0.193. The molecule has 7 unspecified atom stereocenters. The van der Waals surface area contributed by atoms with Crippen LogP contribution in [-0.2, 0) is 14.3 Å². The number of aliphatic hydroxyl groups excluding tert-OH is 5. The van der Waals surface area contributed by atoms with Crippen molar-refractivity contribution in [2.75, 3.05) is 13.2 Å². The smallest absolute Gasteiger partial charge is 0.220 e. The predicted molar refractivity (Wildman–Crippen MR) is 300 cm³/mol. The minimum absolute atomic E-state index is 0.193. The quantitative estimate of drug-likeness (QED) is 0.0261. The molecule has 1 aliphatic heterocycles. The van der Waals surface area contributed by atoms with Gasteiger partial charge in [0, 0.05) is 6.42 Å². The summed E-state index contributed by atoms with van der Waals surface area (Å²) in [6.07, 6.45) is 61.0. The molecule has 0 aromatic heterocycles. The highest BCUT2D eigenvalue weighted by molar-refractivity contribution is 5.76. The van der Waals surface area contributed by atoms with Crippen molar-refractivity contribution >= 4 is 5.91 Å². The maximum Gasteiger partial charge on any atom is 0.220 e. The van der Waals surface area contributed by atoms with E-state index in [0.717, 1.165) is 57.8 Å². The van der Waals surface area contributed by atoms with Crippen molar-refractivity contribution in [1.82, 2.24) is 5.32 Å². The third kappa shape index (κ3) is 41.4. The molecule has 0 spiro atoms. The first-order valence-corrected chi connectivity index (χ1v) is 30.7. The molecular formula is C62H117NO8. The molecule has 9 nitrogen and oxygen atoms in total. The monoisotopic (exact) mass is 1000 g/mol. The van der Waals surface area contributed by atoms with Gasteiger partial charge in [-0.2, -0.15) is 0 Å². The lowest BCUT2D eigenvalue weighted by Gasteiger charge is -2.40. The van der Waals surface area contributed by atoms with E-state index in [1.165, 1.54) is 218 Å². The van der Waals surface area contributed by atoms with Crippen LogP contribution < -0.4 is 5.32 Å². The number of unbranched alkanes of at least 4 members (excludes halogenated alkanes) is 39. The number of nitrogens with one attached hydrogen (secondary N) is 1. The molecular weight excluding hydrogens is 887 g/mol. The molecule has 0 radical (unpaired) electrons. The second-order valence-corrected chi connectivity index (χ2v) is 21.5. The summed E-state index contributed by atoms with van der Waals surface area (Å²) in [6.45, 7) is 3.78. The van der Waals surface area contributed by atoms with Gasteiger partial charge in [-0.1, -0.05) is 269 Å². The van der Waals surface area contributed by atoms with Crippen LogP contribution in [0.4, 0.5) is 0 Å². The van der Waals surface area contributed by atoms with E-state index >= 15 is 0 Å². The fourth-order valence-electron chi connectivity index (χ4n) is 9.82. The summed E-state index contributed by atoms with van der Waals surface area (Å²) in [6, 6.07) is -0.826. The molecule has 9 heteroatoms. The Kier molecular flexibility index (Phi) is 49.3. The van der Waals surface area contributed by atoms with Gasteiger partial charge >= 0.3 is 0 Å². The number of ether oxygens (including phenoxy) is 2. The van der Waals surface area contributed by atoms with E-state index in [4.69, 9.17) is 9.47 Å². The van der Waals surface area contributed by atoms with E-state index in [-0.39, 0.29) is 12.5 Å². The number of carbonyl (C=O) groups excluding carboxylic acids is 1. The van der Waals surface area contributed by atoms with E-state index in [1.807, 2.05) is 6.08 Å². The molecule has 1 saturated heterocycles. The van der Waals surface area contributed by atoms with Crippen LogP contribution in [0.1, 0.15) is 296 Å². The second kappa shape index (κ2) is 51.9. The van der Waals surface area contributed by atoms with E-state index < -0.39 is 49.5 Å². The maximum absolute atomic E-state index is 13.0. The zero-order valence-corrected chi connectivity index (χ0v) is 46.5. The zero-order chi connectivity index (χ0) is 51.5. The van der Waals surface area contributed by atoms with Crippen molar-refractivity contribution in [2.24, 2.45) is 0 Å². The molecule has 6 N–H and O–H groups in total. The molecule has 0 aromatic rings. The van der Waals surface area contributed by atoms with E-state index in [9.17, 15) is 30.3 Å². The topological polar surface area (TPSA) is 149 Å². The highest BCUT2D eigenvalue weighted by Gasteiger charge is 2.44. The van der Waals surface area contributed by atoms with Crippen molar-refractivity contribution < 1.29 is 39.8 Å². The first kappa shape index (κ1) is 67.4. The first-order chi connectivity index (χ1) is 34.8. The Balaban J connectivity index is 2.15. The summed E-state index contributed by atoms with van der Waals surface area (Å²) >= 11 is 0. The van der Waals surface area contributed by atoms with Crippen molar-refractivity contribution in [3.8, 4) is 0 Å². The van der Waals surface area contributed by atoms with Crippen LogP contribution >= 0.6 is 0 Å². The van der Waals surface area contributed by atoms with Crippen molar-refractivity contribution in [3.63, 3.8) is 0 Å². The fraction of sp³-hybridized carbons (Fsp3) is 0.887. The number of hydrogen-bond donors (Lipinski definition) is 6. The highest BCUT2D eigenvalue weighted by Crippen LogP contribution is 2.23. The normalized spacial score (nSPS) is 19.5. The minimum Gasteiger partial charge on any atom is -0.394 e. The van der Waals surface area contributed by atoms with Gasteiger partial charge in [0.1, 0.15) is 24.4 Å². The Morgan fingerprint density at radius 3 is 1.18 bits per heavy atom. The third-order valence-corrected chi connectivity index (χ3v) is 14.7. The molecule has 0 aliphatic carbocycles. The van der Waals surface area contributed by atoms with Crippen LogP contribution in [0.15, 0.2) is 36.5 Å². The Labute approximate surface area is 438 Å². The van der Waals surface area contributed by atoms with Crippen LogP contribution in [0.25, 0.3) is 0 Å². The van der Waals surface area contributed by atoms with Crippen LogP contribution in [0.5, 0.6) is 0 Å². The molecule has 71 heavy (non-hydrogen) atoms. The van der Waals surface area contributed by atoms with E-state index in [2.05, 4.69) is 43.5 Å². The zero-order valence-electron chi connectivity index (χ0n) is 46.5. The van der Waals surface area contributed by atoms with Crippen molar-refractivity contribution in [3.05, 3.63) is 36.5 Å². The van der Waals surface area contributed by atoms with Gasteiger partial charge in [0.15, 0.2) is 6.29 Å². The van der Waals surface area contributed by atoms with Crippen LogP contribution in [0.3, 0.4) is 0 Å². The second-order valence-electron chi connectivity index (χ2n) is 21.5. The van der Waals surface area contributed by atoms with Gasteiger partial charge in [0.25, 0.3) is 0 Å². The average Bonchev–Trinajstić information content (AvgIpc) is 3.37. The largest absolute Gasteiger partial charge is 0.394 e. The van der Waals surface area contributed by atoms with Gasteiger partial charge < -0.3 is 40.3 Å². The van der Waals surface area contributed by atoms with Crippen LogP contribution in [-0.4, -0.2) is 87.5 Å². The molecule has 1 aliphatic rings. The Hall–Kier alpha value is -1.59. The SMILES string of the molecule is CCCCCCCC/C=C\CCCCCCCC(=O)NC(COC1OC(CO)C(O)C(O)C1O)C(O)/C=C/CC/C=C/CCCCCCCCCCCCCCCCCCCCCCCCCCCCC. The predicted octanol–water partition coefficient (Wildman–Crippen LogP) is 15.5. The lowest BCUT2D eigenvalue weighted by Crippen LogP contribution is -2.60. The van der Waals surface area contributed by atoms with Gasteiger partial charge in [-0.15, -0.1) is 0 Å². The fourth-order valence-corrected chi connectivity index (χ4v) is 9.82. The molecule has 0 saturated carbocycles.